The molecule has 4 rings (SSSR count). The van der Waals surface area contributed by atoms with Crippen molar-refractivity contribution in [3.8, 4) is 11.3 Å². The third-order valence-corrected chi connectivity index (χ3v) is 4.56. The van der Waals surface area contributed by atoms with Gasteiger partial charge in [-0.3, -0.25) is 4.79 Å². The average molecular weight is 381 g/mol. The van der Waals surface area contributed by atoms with Crippen LogP contribution < -0.4 is 10.9 Å². The van der Waals surface area contributed by atoms with Gasteiger partial charge in [0, 0.05) is 23.8 Å². The van der Waals surface area contributed by atoms with Crippen LogP contribution in [0.4, 0.5) is 5.82 Å². The number of rotatable bonds is 4. The minimum Gasteiger partial charge on any atom is -0.362 e. The van der Waals surface area contributed by atoms with Crippen molar-refractivity contribution in [1.82, 2.24) is 24.5 Å². The van der Waals surface area contributed by atoms with E-state index in [1.165, 1.54) is 0 Å². The topological polar surface area (TPSA) is 88.5 Å². The molecule has 136 valence electrons. The van der Waals surface area contributed by atoms with Crippen LogP contribution in [0, 0.1) is 0 Å². The van der Waals surface area contributed by atoms with Gasteiger partial charge < -0.3 is 14.9 Å². The zero-order chi connectivity index (χ0) is 19.0. The summed E-state index contributed by atoms with van der Waals surface area (Å²) in [5.74, 6) is 0.647. The Kier molecular flexibility index (Phi) is 4.37. The minimum atomic E-state index is -0.341. The summed E-state index contributed by atoms with van der Waals surface area (Å²) < 4.78 is 1.93. The molecule has 3 heterocycles. The number of aryl methyl sites for hydroxylation is 1. The fourth-order valence-electron chi connectivity index (χ4n) is 2.96. The number of fused-ring (bicyclic) bond motifs is 1. The van der Waals surface area contributed by atoms with Crippen molar-refractivity contribution in [2.24, 2.45) is 7.05 Å². The average Bonchev–Trinajstić information content (AvgIpc) is 3.07. The van der Waals surface area contributed by atoms with E-state index in [0.717, 1.165) is 11.3 Å². The van der Waals surface area contributed by atoms with Gasteiger partial charge in [-0.1, -0.05) is 11.6 Å². The number of pyridine rings is 1. The molecule has 3 aromatic heterocycles. The van der Waals surface area contributed by atoms with E-state index in [4.69, 9.17) is 11.6 Å². The number of halogens is 1. The maximum Gasteiger partial charge on any atom is 0.272 e. The SMILES string of the molecule is C[C@H](Nc1cc(-c2cncn2C)ccn1)c1nc2cc(Cl)ccc2[nH]c1=O. The number of aromatic amines is 1. The Bertz CT molecular complexity index is 1180. The smallest absolute Gasteiger partial charge is 0.272 e. The summed E-state index contributed by atoms with van der Waals surface area (Å²) >= 11 is 6.03. The van der Waals surface area contributed by atoms with E-state index in [9.17, 15) is 4.79 Å². The van der Waals surface area contributed by atoms with Crippen molar-refractivity contribution in [3.05, 3.63) is 70.1 Å². The zero-order valence-electron chi connectivity index (χ0n) is 14.8. The molecule has 27 heavy (non-hydrogen) atoms. The Morgan fingerprint density at radius 3 is 2.89 bits per heavy atom. The van der Waals surface area contributed by atoms with Gasteiger partial charge in [0.2, 0.25) is 0 Å². The van der Waals surface area contributed by atoms with Gasteiger partial charge in [-0.25, -0.2) is 15.0 Å². The lowest BCUT2D eigenvalue weighted by Gasteiger charge is -2.14. The molecular formula is C19H17ClN6O. The molecule has 0 saturated heterocycles. The molecule has 1 aromatic carbocycles. The molecule has 7 nitrogen and oxygen atoms in total. The third kappa shape index (κ3) is 3.41. The van der Waals surface area contributed by atoms with E-state index in [0.29, 0.717) is 27.6 Å². The van der Waals surface area contributed by atoms with Gasteiger partial charge in [0.1, 0.15) is 11.5 Å². The van der Waals surface area contributed by atoms with Crippen LogP contribution >= 0.6 is 11.6 Å². The molecule has 0 radical (unpaired) electrons. The predicted octanol–water partition coefficient (Wildman–Crippen LogP) is 3.55. The van der Waals surface area contributed by atoms with Crippen molar-refractivity contribution in [2.75, 3.05) is 5.32 Å². The van der Waals surface area contributed by atoms with Crippen molar-refractivity contribution >= 4 is 28.5 Å². The first-order valence-corrected chi connectivity index (χ1v) is 8.78. The van der Waals surface area contributed by atoms with Gasteiger partial charge >= 0.3 is 0 Å². The summed E-state index contributed by atoms with van der Waals surface area (Å²) in [4.78, 5) is 28.2. The summed E-state index contributed by atoms with van der Waals surface area (Å²) in [6.07, 6.45) is 5.26. The standard InChI is InChI=1S/C19H17ClN6O/c1-11(18-19(27)25-14-4-3-13(20)8-15(14)24-18)23-17-7-12(5-6-22-17)16-9-21-10-26(16)2/h3-11H,1-2H3,(H,22,23)(H,25,27)/t11-/m0/s1. The predicted molar refractivity (Wildman–Crippen MR) is 106 cm³/mol. The Morgan fingerprint density at radius 2 is 2.11 bits per heavy atom. The molecule has 2 N–H and O–H groups in total. The second-order valence-corrected chi connectivity index (χ2v) is 6.73. The Hall–Kier alpha value is -3.19. The highest BCUT2D eigenvalue weighted by Gasteiger charge is 2.14. The van der Waals surface area contributed by atoms with Gasteiger partial charge in [-0.2, -0.15) is 0 Å². The fraction of sp³-hybridized carbons (Fsp3) is 0.158. The van der Waals surface area contributed by atoms with Gasteiger partial charge in [0.15, 0.2) is 0 Å². The highest BCUT2D eigenvalue weighted by Crippen LogP contribution is 2.23. The van der Waals surface area contributed by atoms with Crippen LogP contribution in [0.5, 0.6) is 0 Å². The van der Waals surface area contributed by atoms with Crippen LogP contribution in [0.25, 0.3) is 22.3 Å². The molecule has 0 aliphatic rings. The largest absolute Gasteiger partial charge is 0.362 e. The fourth-order valence-corrected chi connectivity index (χ4v) is 3.12. The first kappa shape index (κ1) is 17.2. The summed E-state index contributed by atoms with van der Waals surface area (Å²) in [7, 11) is 1.93. The number of hydrogen-bond donors (Lipinski definition) is 2. The number of H-pyrrole nitrogens is 1. The van der Waals surface area contributed by atoms with Crippen LogP contribution in [-0.2, 0) is 7.05 Å². The number of aromatic nitrogens is 5. The van der Waals surface area contributed by atoms with Crippen molar-refractivity contribution < 1.29 is 0 Å². The monoisotopic (exact) mass is 380 g/mol. The lowest BCUT2D eigenvalue weighted by molar-refractivity contribution is 0.816. The summed E-state index contributed by atoms with van der Waals surface area (Å²) in [5.41, 5.74) is 3.38. The van der Waals surface area contributed by atoms with Gasteiger partial charge in [-0.15, -0.1) is 0 Å². The van der Waals surface area contributed by atoms with E-state index in [1.807, 2.05) is 30.7 Å². The van der Waals surface area contributed by atoms with Gasteiger partial charge in [-0.05, 0) is 37.3 Å². The molecule has 0 aliphatic carbocycles. The van der Waals surface area contributed by atoms with Crippen molar-refractivity contribution in [3.63, 3.8) is 0 Å². The first-order chi connectivity index (χ1) is 13.0. The third-order valence-electron chi connectivity index (χ3n) is 4.33. The Morgan fingerprint density at radius 1 is 1.26 bits per heavy atom. The Balaban J connectivity index is 1.65. The molecule has 0 saturated carbocycles. The zero-order valence-corrected chi connectivity index (χ0v) is 15.5. The molecule has 0 aliphatic heterocycles. The Labute approximate surface area is 160 Å². The molecule has 0 spiro atoms. The molecule has 1 atom stereocenters. The van der Waals surface area contributed by atoms with Crippen molar-refractivity contribution in [2.45, 2.75) is 13.0 Å². The van der Waals surface area contributed by atoms with Crippen molar-refractivity contribution in [1.29, 1.82) is 0 Å². The van der Waals surface area contributed by atoms with E-state index in [-0.39, 0.29) is 11.6 Å². The lowest BCUT2D eigenvalue weighted by atomic mass is 10.2. The highest BCUT2D eigenvalue weighted by molar-refractivity contribution is 6.31. The molecule has 0 amide bonds. The summed E-state index contributed by atoms with van der Waals surface area (Å²) in [6.45, 7) is 1.87. The summed E-state index contributed by atoms with van der Waals surface area (Å²) in [5, 5.41) is 3.81. The summed E-state index contributed by atoms with van der Waals surface area (Å²) in [6, 6.07) is 8.68. The second-order valence-electron chi connectivity index (χ2n) is 6.30. The highest BCUT2D eigenvalue weighted by atomic mass is 35.5. The van der Waals surface area contributed by atoms with Gasteiger partial charge in [0.25, 0.3) is 5.56 Å². The molecular weight excluding hydrogens is 364 g/mol. The minimum absolute atomic E-state index is 0.243. The molecule has 8 heteroatoms. The van der Waals surface area contributed by atoms with Crippen LogP contribution in [-0.4, -0.2) is 24.5 Å². The maximum atomic E-state index is 12.4. The molecule has 4 aromatic rings. The molecule has 0 bridgehead atoms. The van der Waals surface area contributed by atoms with E-state index < -0.39 is 0 Å². The number of benzene rings is 1. The number of hydrogen-bond acceptors (Lipinski definition) is 5. The number of nitrogens with one attached hydrogen (secondary N) is 2. The van der Waals surface area contributed by atoms with Crippen LogP contribution in [0.2, 0.25) is 5.02 Å². The number of nitrogens with zero attached hydrogens (tertiary/aromatic N) is 4. The number of anilines is 1. The van der Waals surface area contributed by atoms with Crippen LogP contribution in [0.15, 0.2) is 53.8 Å². The molecule has 0 unspecified atom stereocenters. The van der Waals surface area contributed by atoms with Crippen LogP contribution in [0.1, 0.15) is 18.7 Å². The number of imidazole rings is 1. The van der Waals surface area contributed by atoms with E-state index >= 15 is 0 Å². The molecule has 0 fully saturated rings. The lowest BCUT2D eigenvalue weighted by Crippen LogP contribution is -2.22. The van der Waals surface area contributed by atoms with E-state index in [2.05, 4.69) is 25.3 Å². The van der Waals surface area contributed by atoms with E-state index in [1.54, 1.807) is 36.9 Å². The second kappa shape index (κ2) is 6.85. The maximum absolute atomic E-state index is 12.4. The normalized spacial score (nSPS) is 12.3. The van der Waals surface area contributed by atoms with Crippen LogP contribution in [0.3, 0.4) is 0 Å². The quantitative estimate of drug-likeness (QED) is 0.565. The van der Waals surface area contributed by atoms with Gasteiger partial charge in [0.05, 0.1) is 35.3 Å². The first-order valence-electron chi connectivity index (χ1n) is 8.40.